The highest BCUT2D eigenvalue weighted by Gasteiger charge is 2.50. The number of fused-ring (bicyclic) bond motifs is 2. The fraction of sp³-hybridized carbons (Fsp3) is 0.545. The average Bonchev–Trinajstić information content (AvgIpc) is 2.73. The first-order chi connectivity index (χ1) is 7.15. The molecule has 4 atom stereocenters. The highest BCUT2D eigenvalue weighted by molar-refractivity contribution is 5.88. The van der Waals surface area contributed by atoms with Crippen LogP contribution in [0.3, 0.4) is 0 Å². The highest BCUT2D eigenvalue weighted by atomic mass is 16.5. The largest absolute Gasteiger partial charge is 0.495 e. The van der Waals surface area contributed by atoms with Crippen molar-refractivity contribution in [1.82, 2.24) is 0 Å². The molecule has 4 heteroatoms. The van der Waals surface area contributed by atoms with Gasteiger partial charge in [-0.25, -0.2) is 4.79 Å². The van der Waals surface area contributed by atoms with E-state index in [1.54, 1.807) is 18.4 Å². The third kappa shape index (κ3) is 1.55. The number of hydrogen-bond donors (Lipinski definition) is 2. The van der Waals surface area contributed by atoms with Gasteiger partial charge in [-0.3, -0.25) is 0 Å². The summed E-state index contributed by atoms with van der Waals surface area (Å²) in [5.41, 5.74) is 0.341. The molecule has 2 N–H and O–H groups in total. The van der Waals surface area contributed by atoms with E-state index in [0.717, 1.165) is 0 Å². The van der Waals surface area contributed by atoms with Crippen LogP contribution in [-0.2, 0) is 9.53 Å². The highest BCUT2D eigenvalue weighted by Crippen LogP contribution is 2.45. The van der Waals surface area contributed by atoms with Gasteiger partial charge in [0.05, 0.1) is 12.4 Å². The minimum atomic E-state index is -0.925. The molecule has 0 radical (unpaired) electrons. The molecule has 0 aromatic heterocycles. The summed E-state index contributed by atoms with van der Waals surface area (Å²) >= 11 is 0. The topological polar surface area (TPSA) is 66.8 Å². The lowest BCUT2D eigenvalue weighted by molar-refractivity contribution is -0.134. The van der Waals surface area contributed by atoms with Gasteiger partial charge in [-0.1, -0.05) is 12.2 Å². The number of aliphatic hydroxyl groups is 1. The van der Waals surface area contributed by atoms with Gasteiger partial charge in [-0.2, -0.15) is 0 Å². The molecule has 1 fully saturated rings. The van der Waals surface area contributed by atoms with E-state index in [4.69, 9.17) is 9.84 Å². The summed E-state index contributed by atoms with van der Waals surface area (Å²) in [5.74, 6) is -1.15. The molecule has 0 aromatic rings. The van der Waals surface area contributed by atoms with Crippen LogP contribution in [0.1, 0.15) is 13.3 Å². The van der Waals surface area contributed by atoms with Crippen LogP contribution in [-0.4, -0.2) is 28.4 Å². The Bertz CT molecular complexity index is 331. The Labute approximate surface area is 87.9 Å². The Morgan fingerprint density at radius 2 is 2.40 bits per heavy atom. The van der Waals surface area contributed by atoms with Crippen LogP contribution >= 0.6 is 0 Å². The molecule has 0 saturated heterocycles. The van der Waals surface area contributed by atoms with E-state index in [-0.39, 0.29) is 17.9 Å². The lowest BCUT2D eigenvalue weighted by Gasteiger charge is -2.25. The summed E-state index contributed by atoms with van der Waals surface area (Å²) in [7, 11) is 0. The molecule has 0 heterocycles. The van der Waals surface area contributed by atoms with Crippen LogP contribution < -0.4 is 0 Å². The Morgan fingerprint density at radius 3 is 2.93 bits per heavy atom. The summed E-state index contributed by atoms with van der Waals surface area (Å²) in [6, 6.07) is 0. The Kier molecular flexibility index (Phi) is 2.52. The molecular weight excluding hydrogens is 196 g/mol. The zero-order chi connectivity index (χ0) is 11.0. The predicted molar refractivity (Wildman–Crippen MR) is 53.0 cm³/mol. The molecule has 15 heavy (non-hydrogen) atoms. The summed E-state index contributed by atoms with van der Waals surface area (Å²) in [4.78, 5) is 10.8. The molecule has 0 aromatic carbocycles. The fourth-order valence-corrected chi connectivity index (χ4v) is 2.46. The van der Waals surface area contributed by atoms with Crippen molar-refractivity contribution in [3.05, 3.63) is 24.0 Å². The molecule has 2 aliphatic rings. The number of rotatable bonds is 3. The van der Waals surface area contributed by atoms with Crippen molar-refractivity contribution in [2.75, 3.05) is 0 Å². The molecule has 1 saturated carbocycles. The summed E-state index contributed by atoms with van der Waals surface area (Å²) in [5, 5.41) is 18.7. The van der Waals surface area contributed by atoms with Crippen LogP contribution in [0.5, 0.6) is 0 Å². The number of carboxylic acid groups (broad SMARTS) is 1. The van der Waals surface area contributed by atoms with Crippen LogP contribution in [0, 0.1) is 11.8 Å². The quantitative estimate of drug-likeness (QED) is 0.680. The minimum absolute atomic E-state index is 0.0345. The van der Waals surface area contributed by atoms with Gasteiger partial charge in [0.15, 0.2) is 0 Å². The van der Waals surface area contributed by atoms with Crippen molar-refractivity contribution in [3.8, 4) is 0 Å². The van der Waals surface area contributed by atoms with Gasteiger partial charge in [0, 0.05) is 17.4 Å². The van der Waals surface area contributed by atoms with Gasteiger partial charge in [0.25, 0.3) is 0 Å². The van der Waals surface area contributed by atoms with E-state index < -0.39 is 12.1 Å². The molecule has 4 unspecified atom stereocenters. The van der Waals surface area contributed by atoms with Crippen molar-refractivity contribution in [3.63, 3.8) is 0 Å². The van der Waals surface area contributed by atoms with E-state index in [9.17, 15) is 9.90 Å². The molecule has 2 rings (SSSR count). The zero-order valence-electron chi connectivity index (χ0n) is 8.46. The van der Waals surface area contributed by atoms with E-state index in [1.165, 1.54) is 0 Å². The molecule has 4 nitrogen and oxygen atoms in total. The minimum Gasteiger partial charge on any atom is -0.495 e. The number of aliphatic carboxylic acids is 1. The third-order valence-electron chi connectivity index (χ3n) is 3.11. The fourth-order valence-electron chi connectivity index (χ4n) is 2.46. The first-order valence-corrected chi connectivity index (χ1v) is 5.05. The summed E-state index contributed by atoms with van der Waals surface area (Å²) in [6.07, 6.45) is 4.72. The second-order valence-electron chi connectivity index (χ2n) is 3.99. The SMILES string of the molecule is CC=COC1C2C=C(C(=O)O)C(C2)C1O. The van der Waals surface area contributed by atoms with Crippen molar-refractivity contribution in [2.24, 2.45) is 11.8 Å². The van der Waals surface area contributed by atoms with Crippen molar-refractivity contribution < 1.29 is 19.7 Å². The second-order valence-corrected chi connectivity index (χ2v) is 3.99. The number of aliphatic hydroxyl groups excluding tert-OH is 1. The molecule has 2 aliphatic carbocycles. The lowest BCUT2D eigenvalue weighted by atomic mass is 9.94. The van der Waals surface area contributed by atoms with Crippen LogP contribution in [0.15, 0.2) is 24.0 Å². The van der Waals surface area contributed by atoms with Crippen LogP contribution in [0.4, 0.5) is 0 Å². The average molecular weight is 210 g/mol. The number of hydrogen-bond acceptors (Lipinski definition) is 3. The molecule has 0 amide bonds. The normalized spacial score (nSPS) is 38.4. The smallest absolute Gasteiger partial charge is 0.331 e. The first-order valence-electron chi connectivity index (χ1n) is 5.05. The van der Waals surface area contributed by atoms with Crippen LogP contribution in [0.25, 0.3) is 0 Å². The molecule has 0 spiro atoms. The van der Waals surface area contributed by atoms with E-state index in [0.29, 0.717) is 12.0 Å². The van der Waals surface area contributed by atoms with Crippen molar-refractivity contribution >= 4 is 5.97 Å². The third-order valence-corrected chi connectivity index (χ3v) is 3.11. The van der Waals surface area contributed by atoms with E-state index >= 15 is 0 Å². The van der Waals surface area contributed by atoms with Crippen molar-refractivity contribution in [2.45, 2.75) is 25.6 Å². The maximum atomic E-state index is 10.8. The van der Waals surface area contributed by atoms with Crippen LogP contribution in [0.2, 0.25) is 0 Å². The number of carboxylic acids is 1. The summed E-state index contributed by atoms with van der Waals surface area (Å²) < 4.78 is 5.36. The number of allylic oxidation sites excluding steroid dienone is 1. The Morgan fingerprint density at radius 1 is 1.67 bits per heavy atom. The molecular formula is C11H14O4. The molecule has 82 valence electrons. The summed E-state index contributed by atoms with van der Waals surface area (Å²) in [6.45, 7) is 1.83. The van der Waals surface area contributed by atoms with Gasteiger partial charge >= 0.3 is 5.97 Å². The lowest BCUT2D eigenvalue weighted by Crippen LogP contribution is -2.34. The van der Waals surface area contributed by atoms with Gasteiger partial charge < -0.3 is 14.9 Å². The monoisotopic (exact) mass is 210 g/mol. The number of ether oxygens (including phenoxy) is 1. The predicted octanol–water partition coefficient (Wildman–Crippen LogP) is 0.927. The zero-order valence-corrected chi connectivity index (χ0v) is 8.46. The van der Waals surface area contributed by atoms with Gasteiger partial charge in [-0.15, -0.1) is 0 Å². The molecule has 2 bridgehead atoms. The number of carbonyl (C=O) groups is 1. The van der Waals surface area contributed by atoms with Crippen molar-refractivity contribution in [1.29, 1.82) is 0 Å². The Hall–Kier alpha value is -1.29. The second kappa shape index (κ2) is 3.70. The van der Waals surface area contributed by atoms with E-state index in [2.05, 4.69) is 0 Å². The van der Waals surface area contributed by atoms with E-state index in [1.807, 2.05) is 6.92 Å². The molecule has 0 aliphatic heterocycles. The van der Waals surface area contributed by atoms with Gasteiger partial charge in [0.1, 0.15) is 6.10 Å². The maximum absolute atomic E-state index is 10.8. The standard InChI is InChI=1S/C11H14O4/c1-2-3-15-10-6-4-7(9(10)12)8(5-6)11(13)14/h2-3,5-7,9-10,12H,4H2,1H3,(H,13,14). The van der Waals surface area contributed by atoms with Gasteiger partial charge in [-0.05, 0) is 13.3 Å². The van der Waals surface area contributed by atoms with Gasteiger partial charge in [0.2, 0.25) is 0 Å². The maximum Gasteiger partial charge on any atom is 0.331 e. The Balaban J connectivity index is 2.14. The first kappa shape index (κ1) is 10.2.